The molecule has 2 aromatic carbocycles. The fourth-order valence-electron chi connectivity index (χ4n) is 5.04. The third kappa shape index (κ3) is 8.05. The van der Waals surface area contributed by atoms with E-state index in [0.29, 0.717) is 43.5 Å². The number of carbonyl (C=O) groups is 1. The number of methoxy groups -OCH3 is 3. The van der Waals surface area contributed by atoms with E-state index in [4.69, 9.17) is 14.2 Å². The SMILES string of the molecule is COc1nc(NCCNS(=O)(=O)N[C@H]2CC[C@](CNC(=O)c3ccccc3OC)(c3ccccc3)CC2)nc(OC)n1. The highest BCUT2D eigenvalue weighted by atomic mass is 32.2. The Morgan fingerprint density at radius 1 is 0.881 bits per heavy atom. The summed E-state index contributed by atoms with van der Waals surface area (Å²) in [6.07, 6.45) is 2.62. The van der Waals surface area contributed by atoms with Gasteiger partial charge in [0.25, 0.3) is 16.1 Å². The number of anilines is 1. The van der Waals surface area contributed by atoms with Crippen molar-refractivity contribution in [3.8, 4) is 17.8 Å². The van der Waals surface area contributed by atoms with E-state index in [9.17, 15) is 13.2 Å². The van der Waals surface area contributed by atoms with E-state index in [2.05, 4.69) is 47.2 Å². The highest BCUT2D eigenvalue weighted by Crippen LogP contribution is 2.39. The van der Waals surface area contributed by atoms with Gasteiger partial charge in [0.2, 0.25) is 5.95 Å². The van der Waals surface area contributed by atoms with E-state index >= 15 is 0 Å². The Labute approximate surface area is 246 Å². The number of nitrogens with one attached hydrogen (secondary N) is 4. The van der Waals surface area contributed by atoms with Crippen molar-refractivity contribution in [2.45, 2.75) is 37.1 Å². The van der Waals surface area contributed by atoms with Crippen LogP contribution in [-0.4, -0.2) is 76.3 Å². The maximum absolute atomic E-state index is 13.1. The summed E-state index contributed by atoms with van der Waals surface area (Å²) in [7, 11) is 0.623. The molecule has 4 N–H and O–H groups in total. The van der Waals surface area contributed by atoms with Crippen LogP contribution in [0.2, 0.25) is 0 Å². The summed E-state index contributed by atoms with van der Waals surface area (Å²) in [6.45, 7) is 0.746. The topological polar surface area (TPSA) is 166 Å². The molecule has 0 saturated heterocycles. The van der Waals surface area contributed by atoms with E-state index in [1.165, 1.54) is 21.3 Å². The largest absolute Gasteiger partial charge is 0.496 e. The zero-order valence-electron chi connectivity index (χ0n) is 23.9. The molecule has 0 aliphatic heterocycles. The maximum atomic E-state index is 13.1. The molecule has 1 fully saturated rings. The van der Waals surface area contributed by atoms with Gasteiger partial charge in [-0.05, 0) is 43.4 Å². The van der Waals surface area contributed by atoms with Crippen LogP contribution < -0.4 is 34.3 Å². The molecule has 14 heteroatoms. The van der Waals surface area contributed by atoms with Crippen molar-refractivity contribution in [3.63, 3.8) is 0 Å². The summed E-state index contributed by atoms with van der Waals surface area (Å²) in [6, 6.07) is 17.1. The van der Waals surface area contributed by atoms with Crippen molar-refractivity contribution < 1.29 is 27.4 Å². The first kappa shape index (κ1) is 30.9. The van der Waals surface area contributed by atoms with Crippen molar-refractivity contribution in [2.75, 3.05) is 46.3 Å². The molecular weight excluding hydrogens is 562 g/mol. The van der Waals surface area contributed by atoms with Crippen LogP contribution in [0.4, 0.5) is 5.95 Å². The summed E-state index contributed by atoms with van der Waals surface area (Å²) in [5, 5.41) is 6.02. The number of para-hydroxylation sites is 1. The summed E-state index contributed by atoms with van der Waals surface area (Å²) in [5.41, 5.74) is 1.26. The number of hydrogen-bond acceptors (Lipinski definition) is 10. The lowest BCUT2D eigenvalue weighted by Gasteiger charge is -2.41. The predicted octanol–water partition coefficient (Wildman–Crippen LogP) is 2.04. The molecule has 4 rings (SSSR count). The lowest BCUT2D eigenvalue weighted by molar-refractivity contribution is 0.0932. The fourth-order valence-corrected chi connectivity index (χ4v) is 6.17. The lowest BCUT2D eigenvalue weighted by atomic mass is 9.68. The average molecular weight is 600 g/mol. The van der Waals surface area contributed by atoms with Gasteiger partial charge in [-0.1, -0.05) is 42.5 Å². The molecule has 0 radical (unpaired) electrons. The second-order valence-corrected chi connectivity index (χ2v) is 11.4. The molecule has 1 saturated carbocycles. The monoisotopic (exact) mass is 599 g/mol. The Morgan fingerprint density at radius 2 is 1.52 bits per heavy atom. The van der Waals surface area contributed by atoms with E-state index < -0.39 is 10.2 Å². The molecule has 3 aromatic rings. The summed E-state index contributed by atoms with van der Waals surface area (Å²) in [4.78, 5) is 25.1. The van der Waals surface area contributed by atoms with Crippen molar-refractivity contribution in [1.82, 2.24) is 29.7 Å². The predicted molar refractivity (Wildman–Crippen MR) is 157 cm³/mol. The minimum Gasteiger partial charge on any atom is -0.496 e. The van der Waals surface area contributed by atoms with E-state index in [0.717, 1.165) is 5.56 Å². The summed E-state index contributed by atoms with van der Waals surface area (Å²) >= 11 is 0. The second kappa shape index (κ2) is 14.2. The Balaban J connectivity index is 1.32. The molecule has 0 unspecified atom stereocenters. The maximum Gasteiger partial charge on any atom is 0.324 e. The van der Waals surface area contributed by atoms with Crippen LogP contribution in [0.25, 0.3) is 0 Å². The Bertz CT molecular complexity index is 1410. The van der Waals surface area contributed by atoms with E-state index in [1.807, 2.05) is 24.3 Å². The van der Waals surface area contributed by atoms with Gasteiger partial charge in [-0.25, -0.2) is 4.72 Å². The molecule has 0 spiro atoms. The first-order valence-electron chi connectivity index (χ1n) is 13.6. The highest BCUT2D eigenvalue weighted by molar-refractivity contribution is 7.87. The molecule has 1 amide bonds. The van der Waals surface area contributed by atoms with Gasteiger partial charge in [-0.15, -0.1) is 4.98 Å². The average Bonchev–Trinajstić information content (AvgIpc) is 3.02. The zero-order valence-corrected chi connectivity index (χ0v) is 24.7. The molecule has 226 valence electrons. The van der Waals surface area contributed by atoms with E-state index in [-0.39, 0.29) is 48.4 Å². The van der Waals surface area contributed by atoms with Gasteiger partial charge in [0.1, 0.15) is 5.75 Å². The minimum atomic E-state index is -3.76. The van der Waals surface area contributed by atoms with Crippen LogP contribution in [0.1, 0.15) is 41.6 Å². The standard InChI is InChI=1S/C28H37N7O6S/c1-39-23-12-8-7-11-22(23)24(36)30-19-28(20-9-5-4-6-10-20)15-13-21(14-16-28)35-42(37,38)31-18-17-29-25-32-26(40-2)34-27(33-25)41-3/h4-12,21,31,35H,13-19H2,1-3H3,(H,30,36)(H,29,32,33,34)/t21-,28-. The molecule has 1 heterocycles. The van der Waals surface area contributed by atoms with Gasteiger partial charge in [0, 0.05) is 31.1 Å². The van der Waals surface area contributed by atoms with Crippen molar-refractivity contribution >= 4 is 22.1 Å². The Morgan fingerprint density at radius 3 is 2.17 bits per heavy atom. The molecular formula is C28H37N7O6S. The number of rotatable bonds is 14. The van der Waals surface area contributed by atoms with Crippen LogP contribution in [0.3, 0.4) is 0 Å². The fraction of sp³-hybridized carbons (Fsp3) is 0.429. The highest BCUT2D eigenvalue weighted by Gasteiger charge is 2.38. The van der Waals surface area contributed by atoms with Gasteiger partial charge in [0.05, 0.1) is 26.9 Å². The summed E-state index contributed by atoms with van der Waals surface area (Å²) in [5.74, 6) is 0.503. The molecule has 0 bridgehead atoms. The third-order valence-corrected chi connectivity index (χ3v) is 8.48. The zero-order chi connectivity index (χ0) is 30.0. The third-order valence-electron chi connectivity index (χ3n) is 7.25. The van der Waals surface area contributed by atoms with Gasteiger partial charge >= 0.3 is 12.0 Å². The number of amides is 1. The normalized spacial score (nSPS) is 18.6. The second-order valence-electron chi connectivity index (χ2n) is 9.88. The molecule has 13 nitrogen and oxygen atoms in total. The Hall–Kier alpha value is -4.01. The van der Waals surface area contributed by atoms with Gasteiger partial charge in [-0.2, -0.15) is 23.1 Å². The van der Waals surface area contributed by atoms with Crippen LogP contribution in [-0.2, 0) is 15.6 Å². The molecule has 42 heavy (non-hydrogen) atoms. The van der Waals surface area contributed by atoms with Crippen LogP contribution in [0.15, 0.2) is 54.6 Å². The Kier molecular flexibility index (Phi) is 10.5. The molecule has 1 aliphatic rings. The molecule has 1 aromatic heterocycles. The lowest BCUT2D eigenvalue weighted by Crippen LogP contribution is -2.49. The number of ether oxygens (including phenoxy) is 3. The van der Waals surface area contributed by atoms with Gasteiger partial charge in [0.15, 0.2) is 0 Å². The van der Waals surface area contributed by atoms with Gasteiger partial charge < -0.3 is 24.8 Å². The quantitative estimate of drug-likeness (QED) is 0.202. The number of carbonyl (C=O) groups excluding carboxylic acids is 1. The van der Waals surface area contributed by atoms with Crippen LogP contribution >= 0.6 is 0 Å². The first-order chi connectivity index (χ1) is 20.3. The number of hydrogen-bond donors (Lipinski definition) is 4. The summed E-state index contributed by atoms with van der Waals surface area (Å²) < 4.78 is 46.2. The van der Waals surface area contributed by atoms with Crippen LogP contribution in [0.5, 0.6) is 17.8 Å². The van der Waals surface area contributed by atoms with Crippen molar-refractivity contribution in [2.24, 2.45) is 0 Å². The van der Waals surface area contributed by atoms with E-state index in [1.54, 1.807) is 18.2 Å². The number of nitrogens with zero attached hydrogens (tertiary/aromatic N) is 3. The molecule has 0 atom stereocenters. The van der Waals surface area contributed by atoms with Crippen molar-refractivity contribution in [3.05, 3.63) is 65.7 Å². The van der Waals surface area contributed by atoms with Crippen molar-refractivity contribution in [1.29, 1.82) is 0 Å². The van der Waals surface area contributed by atoms with Gasteiger partial charge in [-0.3, -0.25) is 4.79 Å². The van der Waals surface area contributed by atoms with Crippen LogP contribution in [0, 0.1) is 0 Å². The number of aromatic nitrogens is 3. The number of benzene rings is 2. The first-order valence-corrected chi connectivity index (χ1v) is 15.1. The smallest absolute Gasteiger partial charge is 0.324 e. The minimum absolute atomic E-state index is 0.0785. The molecule has 1 aliphatic carbocycles.